The number of hydrogen-bond donors (Lipinski definition) is 1. The molecule has 1 saturated heterocycles. The molecule has 0 aromatic carbocycles. The fourth-order valence-electron chi connectivity index (χ4n) is 1.86. The fraction of sp³-hybridized carbons (Fsp3) is 0.727. The van der Waals surface area contributed by atoms with Gasteiger partial charge in [-0.1, -0.05) is 11.8 Å². The first-order valence-corrected chi connectivity index (χ1v) is 7.23. The van der Waals surface area contributed by atoms with Crippen LogP contribution in [0.3, 0.4) is 0 Å². The third-order valence-corrected chi connectivity index (χ3v) is 4.09. The Morgan fingerprint density at radius 2 is 2.16 bits per heavy atom. The molecular formula is C11H19N5O2S. The minimum Gasteiger partial charge on any atom is -0.378 e. The second-order valence-electron chi connectivity index (χ2n) is 4.29. The van der Waals surface area contributed by atoms with Gasteiger partial charge in [-0.2, -0.15) is 0 Å². The number of ether oxygens (including phenoxy) is 1. The maximum Gasteiger partial charge on any atom is 0.230 e. The smallest absolute Gasteiger partial charge is 0.230 e. The van der Waals surface area contributed by atoms with Crippen LogP contribution in [0.1, 0.15) is 13.8 Å². The number of anilines is 1. The molecule has 7 nitrogen and oxygen atoms in total. The number of carbonyl (C=O) groups excluding carboxylic acids is 1. The molecule has 19 heavy (non-hydrogen) atoms. The van der Waals surface area contributed by atoms with Crippen molar-refractivity contribution in [3.05, 3.63) is 0 Å². The van der Waals surface area contributed by atoms with Gasteiger partial charge in [0.05, 0.1) is 18.5 Å². The van der Waals surface area contributed by atoms with Crippen LogP contribution in [0.2, 0.25) is 0 Å². The Morgan fingerprint density at radius 1 is 1.47 bits per heavy atom. The van der Waals surface area contributed by atoms with Crippen LogP contribution in [-0.2, 0) is 16.1 Å². The number of rotatable bonds is 5. The monoisotopic (exact) mass is 285 g/mol. The fourth-order valence-corrected chi connectivity index (χ4v) is 2.72. The second-order valence-corrected chi connectivity index (χ2v) is 5.60. The van der Waals surface area contributed by atoms with Gasteiger partial charge >= 0.3 is 0 Å². The molecule has 0 radical (unpaired) electrons. The van der Waals surface area contributed by atoms with Gasteiger partial charge in [0, 0.05) is 19.6 Å². The zero-order valence-electron chi connectivity index (χ0n) is 11.2. The van der Waals surface area contributed by atoms with Gasteiger partial charge in [-0.15, -0.1) is 10.2 Å². The summed E-state index contributed by atoms with van der Waals surface area (Å²) in [6, 6.07) is 0. The number of thioether (sulfide) groups is 1. The Morgan fingerprint density at radius 3 is 2.74 bits per heavy atom. The van der Waals surface area contributed by atoms with E-state index in [0.717, 1.165) is 30.7 Å². The minimum absolute atomic E-state index is 0.313. The Balaban J connectivity index is 2.17. The summed E-state index contributed by atoms with van der Waals surface area (Å²) in [4.78, 5) is 13.3. The molecule has 0 unspecified atom stereocenters. The molecule has 1 aliphatic rings. The van der Waals surface area contributed by atoms with Crippen molar-refractivity contribution in [1.29, 1.82) is 0 Å². The van der Waals surface area contributed by atoms with E-state index in [9.17, 15) is 4.79 Å². The molecule has 106 valence electrons. The molecule has 2 heterocycles. The zero-order valence-corrected chi connectivity index (χ0v) is 12.0. The summed E-state index contributed by atoms with van der Waals surface area (Å²) < 4.78 is 7.34. The molecule has 0 bridgehead atoms. The van der Waals surface area contributed by atoms with E-state index in [2.05, 4.69) is 15.1 Å². The van der Waals surface area contributed by atoms with Gasteiger partial charge in [-0.25, -0.2) is 0 Å². The number of morpholine rings is 1. The van der Waals surface area contributed by atoms with E-state index in [0.29, 0.717) is 13.2 Å². The van der Waals surface area contributed by atoms with Gasteiger partial charge < -0.3 is 15.4 Å². The summed E-state index contributed by atoms with van der Waals surface area (Å²) in [5.74, 6) is 0.494. The van der Waals surface area contributed by atoms with E-state index in [1.807, 2.05) is 11.5 Å². The Hall–Kier alpha value is -1.28. The maximum atomic E-state index is 11.1. The minimum atomic E-state index is -0.344. The molecule has 1 aromatic rings. The van der Waals surface area contributed by atoms with Crippen molar-refractivity contribution in [2.45, 2.75) is 30.8 Å². The average Bonchev–Trinajstić information content (AvgIpc) is 2.82. The lowest BCUT2D eigenvalue weighted by atomic mass is 10.4. The summed E-state index contributed by atoms with van der Waals surface area (Å²) in [6.07, 6.45) is 0. The van der Waals surface area contributed by atoms with Crippen molar-refractivity contribution in [2.75, 3.05) is 31.2 Å². The predicted octanol–water partition coefficient (Wildman–Crippen LogP) is 0.100. The highest BCUT2D eigenvalue weighted by Crippen LogP contribution is 2.25. The standard InChI is InChI=1S/C11H19N5O2S/c1-3-16-10(15-4-6-18-7-5-15)13-14-11(16)19-8(2)9(12)17/h8H,3-7H2,1-2H3,(H2,12,17)/t8-/m0/s1. The van der Waals surface area contributed by atoms with Gasteiger partial charge in [-0.3, -0.25) is 9.36 Å². The van der Waals surface area contributed by atoms with Gasteiger partial charge in [-0.05, 0) is 13.8 Å². The van der Waals surface area contributed by atoms with Crippen LogP contribution < -0.4 is 10.6 Å². The first-order chi connectivity index (χ1) is 9.13. The zero-order chi connectivity index (χ0) is 13.8. The third kappa shape index (κ3) is 3.19. The molecule has 0 aliphatic carbocycles. The SMILES string of the molecule is CCn1c(S[C@@H](C)C(N)=O)nnc1N1CCOCC1. The molecule has 1 aromatic heterocycles. The molecule has 0 saturated carbocycles. The van der Waals surface area contributed by atoms with E-state index in [-0.39, 0.29) is 11.2 Å². The van der Waals surface area contributed by atoms with Crippen molar-refractivity contribution < 1.29 is 9.53 Å². The normalized spacial score (nSPS) is 17.5. The van der Waals surface area contributed by atoms with Gasteiger partial charge in [0.2, 0.25) is 11.9 Å². The second kappa shape index (κ2) is 6.25. The number of hydrogen-bond acceptors (Lipinski definition) is 6. The van der Waals surface area contributed by atoms with Crippen LogP contribution in [0.4, 0.5) is 5.95 Å². The average molecular weight is 285 g/mol. The largest absolute Gasteiger partial charge is 0.378 e. The number of nitrogens with zero attached hydrogens (tertiary/aromatic N) is 4. The number of aromatic nitrogens is 3. The lowest BCUT2D eigenvalue weighted by Gasteiger charge is -2.27. The van der Waals surface area contributed by atoms with Crippen LogP contribution in [0.15, 0.2) is 5.16 Å². The Labute approximate surface area is 116 Å². The quantitative estimate of drug-likeness (QED) is 0.772. The Bertz CT molecular complexity index is 444. The van der Waals surface area contributed by atoms with Crippen molar-refractivity contribution >= 4 is 23.6 Å². The van der Waals surface area contributed by atoms with E-state index >= 15 is 0 Å². The van der Waals surface area contributed by atoms with E-state index < -0.39 is 0 Å². The lowest BCUT2D eigenvalue weighted by molar-refractivity contribution is -0.117. The molecule has 1 fully saturated rings. The number of amides is 1. The molecule has 1 aliphatic heterocycles. The first kappa shape index (κ1) is 14.1. The Kier molecular flexibility index (Phi) is 4.65. The van der Waals surface area contributed by atoms with E-state index in [1.165, 1.54) is 11.8 Å². The van der Waals surface area contributed by atoms with Gasteiger partial charge in [0.1, 0.15) is 0 Å². The van der Waals surface area contributed by atoms with Crippen molar-refractivity contribution in [1.82, 2.24) is 14.8 Å². The van der Waals surface area contributed by atoms with Crippen LogP contribution in [0, 0.1) is 0 Å². The lowest BCUT2D eigenvalue weighted by Crippen LogP contribution is -2.38. The number of nitrogens with two attached hydrogens (primary N) is 1. The van der Waals surface area contributed by atoms with Crippen molar-refractivity contribution in [3.63, 3.8) is 0 Å². The summed E-state index contributed by atoms with van der Waals surface area (Å²) in [5, 5.41) is 8.82. The summed E-state index contributed by atoms with van der Waals surface area (Å²) in [6.45, 7) is 7.60. The number of primary amides is 1. The summed E-state index contributed by atoms with van der Waals surface area (Å²) >= 11 is 1.34. The highest BCUT2D eigenvalue weighted by atomic mass is 32.2. The highest BCUT2D eigenvalue weighted by molar-refractivity contribution is 8.00. The van der Waals surface area contributed by atoms with E-state index in [4.69, 9.17) is 10.5 Å². The van der Waals surface area contributed by atoms with Crippen LogP contribution >= 0.6 is 11.8 Å². The molecule has 1 amide bonds. The summed E-state index contributed by atoms with van der Waals surface area (Å²) in [5.41, 5.74) is 5.28. The molecule has 0 spiro atoms. The summed E-state index contributed by atoms with van der Waals surface area (Å²) in [7, 11) is 0. The van der Waals surface area contributed by atoms with Gasteiger partial charge in [0.25, 0.3) is 0 Å². The molecular weight excluding hydrogens is 266 g/mol. The van der Waals surface area contributed by atoms with E-state index in [1.54, 1.807) is 6.92 Å². The molecule has 8 heteroatoms. The van der Waals surface area contributed by atoms with Crippen LogP contribution in [0.25, 0.3) is 0 Å². The highest BCUT2D eigenvalue weighted by Gasteiger charge is 2.22. The molecule has 2 rings (SSSR count). The predicted molar refractivity (Wildman–Crippen MR) is 73.2 cm³/mol. The first-order valence-electron chi connectivity index (χ1n) is 6.35. The van der Waals surface area contributed by atoms with Crippen LogP contribution in [-0.4, -0.2) is 52.2 Å². The topological polar surface area (TPSA) is 86.3 Å². The van der Waals surface area contributed by atoms with Crippen molar-refractivity contribution in [2.24, 2.45) is 5.73 Å². The van der Waals surface area contributed by atoms with Crippen LogP contribution in [0.5, 0.6) is 0 Å². The molecule has 1 atom stereocenters. The third-order valence-electron chi connectivity index (χ3n) is 2.99. The maximum absolute atomic E-state index is 11.1. The van der Waals surface area contributed by atoms with Crippen molar-refractivity contribution in [3.8, 4) is 0 Å². The number of carbonyl (C=O) groups is 1. The molecule has 2 N–H and O–H groups in total. The van der Waals surface area contributed by atoms with Gasteiger partial charge in [0.15, 0.2) is 5.16 Å².